The van der Waals surface area contributed by atoms with Crippen molar-refractivity contribution in [2.45, 2.75) is 19.8 Å². The van der Waals surface area contributed by atoms with Crippen LogP contribution in [0.3, 0.4) is 0 Å². The number of methoxy groups -OCH3 is 1. The summed E-state index contributed by atoms with van der Waals surface area (Å²) in [5.41, 5.74) is 1.96. The van der Waals surface area contributed by atoms with Crippen LogP contribution in [0.25, 0.3) is 0 Å². The highest BCUT2D eigenvalue weighted by Gasteiger charge is 2.19. The van der Waals surface area contributed by atoms with Gasteiger partial charge in [-0.25, -0.2) is 8.42 Å². The van der Waals surface area contributed by atoms with Gasteiger partial charge in [-0.15, -0.1) is 0 Å². The lowest BCUT2D eigenvalue weighted by Crippen LogP contribution is -2.32. The Morgan fingerprint density at radius 3 is 2.56 bits per heavy atom. The minimum absolute atomic E-state index is 0.160. The minimum atomic E-state index is -3.45. The number of nitrogens with zero attached hydrogens (tertiary/aromatic N) is 1. The van der Waals surface area contributed by atoms with Crippen LogP contribution in [0.5, 0.6) is 5.75 Å². The van der Waals surface area contributed by atoms with Gasteiger partial charge in [-0.2, -0.15) is 0 Å². The zero-order valence-corrected chi connectivity index (χ0v) is 17.1. The number of benzene rings is 2. The molecule has 2 aromatic rings. The molecule has 1 N–H and O–H groups in total. The number of para-hydroxylation sites is 1. The highest BCUT2D eigenvalue weighted by molar-refractivity contribution is 7.92. The Morgan fingerprint density at radius 1 is 1.22 bits per heavy atom. The van der Waals surface area contributed by atoms with Gasteiger partial charge in [-0.3, -0.25) is 9.10 Å². The monoisotopic (exact) mass is 410 g/mol. The summed E-state index contributed by atoms with van der Waals surface area (Å²) in [6.07, 6.45) is 1.69. The summed E-state index contributed by atoms with van der Waals surface area (Å²) in [4.78, 5) is 12.2. The fourth-order valence-electron chi connectivity index (χ4n) is 2.68. The average Bonchev–Trinajstić information content (AvgIpc) is 2.59. The van der Waals surface area contributed by atoms with Crippen LogP contribution in [0, 0.1) is 6.92 Å². The van der Waals surface area contributed by atoms with Gasteiger partial charge in [-0.1, -0.05) is 29.8 Å². The van der Waals surface area contributed by atoms with Crippen molar-refractivity contribution in [2.75, 3.05) is 29.5 Å². The summed E-state index contributed by atoms with van der Waals surface area (Å²) in [7, 11) is -1.94. The Hall–Kier alpha value is -2.25. The summed E-state index contributed by atoms with van der Waals surface area (Å²) < 4.78 is 30.9. The van der Waals surface area contributed by atoms with Crippen molar-refractivity contribution in [3.05, 3.63) is 53.1 Å². The predicted octanol–water partition coefficient (Wildman–Crippen LogP) is 3.84. The number of halogens is 1. The van der Waals surface area contributed by atoms with E-state index in [9.17, 15) is 13.2 Å². The molecule has 0 heterocycles. The molecule has 0 aromatic heterocycles. The molecular formula is C19H23ClN2O4S. The van der Waals surface area contributed by atoms with Gasteiger partial charge in [0, 0.05) is 18.0 Å². The number of rotatable bonds is 8. The van der Waals surface area contributed by atoms with E-state index in [1.807, 2.05) is 19.1 Å². The fourth-order valence-corrected chi connectivity index (χ4v) is 3.88. The first-order valence-corrected chi connectivity index (χ1v) is 10.6. The van der Waals surface area contributed by atoms with E-state index < -0.39 is 10.0 Å². The fraction of sp³-hybridized carbons (Fsp3) is 0.316. The maximum atomic E-state index is 12.2. The first-order valence-electron chi connectivity index (χ1n) is 8.39. The van der Waals surface area contributed by atoms with Crippen molar-refractivity contribution in [3.63, 3.8) is 0 Å². The highest BCUT2D eigenvalue weighted by Crippen LogP contribution is 2.28. The molecule has 1 amide bonds. The standard InChI is InChI=1S/C19H23ClN2O4S/c1-14-7-4-5-8-17(14)22(27(3,24)25)12-6-9-19(23)21-16-13-15(20)10-11-18(16)26-2/h4-5,7-8,10-11,13H,6,9,12H2,1-3H3,(H,21,23). The van der Waals surface area contributed by atoms with Gasteiger partial charge < -0.3 is 10.1 Å². The second-order valence-electron chi connectivity index (χ2n) is 6.12. The second-order valence-corrected chi connectivity index (χ2v) is 8.46. The van der Waals surface area contributed by atoms with E-state index in [4.69, 9.17) is 16.3 Å². The van der Waals surface area contributed by atoms with Crippen LogP contribution in [0.1, 0.15) is 18.4 Å². The van der Waals surface area contributed by atoms with Crippen molar-refractivity contribution in [3.8, 4) is 5.75 Å². The van der Waals surface area contributed by atoms with Gasteiger partial charge in [0.15, 0.2) is 0 Å². The maximum Gasteiger partial charge on any atom is 0.232 e. The maximum absolute atomic E-state index is 12.2. The molecule has 2 aromatic carbocycles. The molecule has 0 aliphatic heterocycles. The van der Waals surface area contributed by atoms with Crippen LogP contribution in [0.2, 0.25) is 5.02 Å². The normalized spacial score (nSPS) is 11.1. The molecule has 0 aliphatic rings. The van der Waals surface area contributed by atoms with Crippen molar-refractivity contribution < 1.29 is 17.9 Å². The van der Waals surface area contributed by atoms with E-state index in [2.05, 4.69) is 5.32 Å². The number of sulfonamides is 1. The van der Waals surface area contributed by atoms with E-state index >= 15 is 0 Å². The van der Waals surface area contributed by atoms with Gasteiger partial charge >= 0.3 is 0 Å². The highest BCUT2D eigenvalue weighted by atomic mass is 35.5. The number of hydrogen-bond acceptors (Lipinski definition) is 4. The summed E-state index contributed by atoms with van der Waals surface area (Å²) in [5, 5.41) is 3.23. The third-order valence-corrected chi connectivity index (χ3v) is 5.40. The number of aryl methyl sites for hydroxylation is 1. The average molecular weight is 411 g/mol. The van der Waals surface area contributed by atoms with Crippen LogP contribution in [0.15, 0.2) is 42.5 Å². The molecule has 0 radical (unpaired) electrons. The van der Waals surface area contributed by atoms with Gasteiger partial charge in [0.1, 0.15) is 5.75 Å². The van der Waals surface area contributed by atoms with E-state index in [-0.39, 0.29) is 18.9 Å². The predicted molar refractivity (Wildman–Crippen MR) is 109 cm³/mol. The van der Waals surface area contributed by atoms with E-state index in [1.54, 1.807) is 30.3 Å². The van der Waals surface area contributed by atoms with Crippen molar-refractivity contribution in [1.82, 2.24) is 0 Å². The number of nitrogens with one attached hydrogen (secondary N) is 1. The Balaban J connectivity index is 2.02. The minimum Gasteiger partial charge on any atom is -0.495 e. The largest absolute Gasteiger partial charge is 0.495 e. The SMILES string of the molecule is COc1ccc(Cl)cc1NC(=O)CCCN(c1ccccc1C)S(C)(=O)=O. The molecule has 0 saturated carbocycles. The number of carbonyl (C=O) groups excluding carboxylic acids is 1. The lowest BCUT2D eigenvalue weighted by molar-refractivity contribution is -0.116. The topological polar surface area (TPSA) is 75.7 Å². The van der Waals surface area contributed by atoms with Crippen LogP contribution in [-0.2, 0) is 14.8 Å². The van der Waals surface area contributed by atoms with E-state index in [1.165, 1.54) is 11.4 Å². The lowest BCUT2D eigenvalue weighted by atomic mass is 10.2. The summed E-state index contributed by atoms with van der Waals surface area (Å²) in [5.74, 6) is 0.263. The number of hydrogen-bond donors (Lipinski definition) is 1. The Labute approximate surface area is 165 Å². The summed E-state index contributed by atoms with van der Waals surface area (Å²) in [6, 6.07) is 12.2. The van der Waals surface area contributed by atoms with Gasteiger partial charge in [-0.05, 0) is 43.2 Å². The molecule has 8 heteroatoms. The van der Waals surface area contributed by atoms with E-state index in [0.29, 0.717) is 28.6 Å². The van der Waals surface area contributed by atoms with E-state index in [0.717, 1.165) is 11.8 Å². The molecule has 0 spiro atoms. The van der Waals surface area contributed by atoms with Gasteiger partial charge in [0.2, 0.25) is 15.9 Å². The number of anilines is 2. The Bertz CT molecular complexity index is 916. The molecule has 146 valence electrons. The molecule has 27 heavy (non-hydrogen) atoms. The smallest absolute Gasteiger partial charge is 0.232 e. The molecule has 0 saturated heterocycles. The zero-order chi connectivity index (χ0) is 20.0. The third-order valence-electron chi connectivity index (χ3n) is 3.99. The Morgan fingerprint density at radius 2 is 1.93 bits per heavy atom. The molecule has 2 rings (SSSR count). The lowest BCUT2D eigenvalue weighted by Gasteiger charge is -2.24. The first kappa shape index (κ1) is 21.1. The number of amides is 1. The number of carbonyl (C=O) groups is 1. The second kappa shape index (κ2) is 9.10. The van der Waals surface area contributed by atoms with Gasteiger partial charge in [0.05, 0.1) is 24.7 Å². The van der Waals surface area contributed by atoms with Crippen molar-refractivity contribution >= 4 is 38.9 Å². The third kappa shape index (κ3) is 5.87. The van der Waals surface area contributed by atoms with Crippen molar-refractivity contribution in [1.29, 1.82) is 0 Å². The molecule has 6 nitrogen and oxygen atoms in total. The quantitative estimate of drug-likeness (QED) is 0.717. The summed E-state index contributed by atoms with van der Waals surface area (Å²) >= 11 is 5.96. The molecule has 0 unspecified atom stereocenters. The van der Waals surface area contributed by atoms with Crippen LogP contribution in [0.4, 0.5) is 11.4 Å². The molecule has 0 fully saturated rings. The summed E-state index contributed by atoms with van der Waals surface area (Å²) in [6.45, 7) is 2.06. The van der Waals surface area contributed by atoms with Crippen molar-refractivity contribution in [2.24, 2.45) is 0 Å². The van der Waals surface area contributed by atoms with Crippen LogP contribution < -0.4 is 14.4 Å². The van der Waals surface area contributed by atoms with Crippen LogP contribution >= 0.6 is 11.6 Å². The number of ether oxygens (including phenoxy) is 1. The Kier molecular flexibility index (Phi) is 7.10. The molecule has 0 bridgehead atoms. The molecular weight excluding hydrogens is 388 g/mol. The molecule has 0 aliphatic carbocycles. The van der Waals surface area contributed by atoms with Gasteiger partial charge in [0.25, 0.3) is 0 Å². The zero-order valence-electron chi connectivity index (χ0n) is 15.5. The molecule has 0 atom stereocenters. The van der Waals surface area contributed by atoms with Crippen LogP contribution in [-0.4, -0.2) is 34.2 Å². The first-order chi connectivity index (χ1) is 12.7.